The molecule has 1 aromatic carbocycles. The summed E-state index contributed by atoms with van der Waals surface area (Å²) in [4.78, 5) is 2.47. The lowest BCUT2D eigenvalue weighted by molar-refractivity contribution is -0.121. The molecule has 1 spiro atoms. The van der Waals surface area contributed by atoms with E-state index in [4.69, 9.17) is 9.47 Å². The van der Waals surface area contributed by atoms with Crippen molar-refractivity contribution in [1.82, 2.24) is 4.90 Å². The molecule has 0 saturated carbocycles. The zero-order valence-electron chi connectivity index (χ0n) is 10.5. The van der Waals surface area contributed by atoms with Crippen molar-refractivity contribution < 1.29 is 9.47 Å². The Morgan fingerprint density at radius 1 is 1.06 bits per heavy atom. The van der Waals surface area contributed by atoms with Crippen LogP contribution in [0, 0.1) is 0 Å². The highest BCUT2D eigenvalue weighted by Crippen LogP contribution is 2.43. The molecule has 1 fully saturated rings. The monoisotopic (exact) mass is 233 g/mol. The van der Waals surface area contributed by atoms with Crippen molar-refractivity contribution in [2.75, 3.05) is 13.1 Å². The summed E-state index contributed by atoms with van der Waals surface area (Å²) >= 11 is 0. The molecular weight excluding hydrogens is 214 g/mol. The molecule has 0 aliphatic carbocycles. The van der Waals surface area contributed by atoms with Crippen LogP contribution in [0.1, 0.15) is 26.7 Å². The first kappa shape index (κ1) is 10.9. The minimum absolute atomic E-state index is 0.394. The fraction of sp³-hybridized carbons (Fsp3) is 0.571. The van der Waals surface area contributed by atoms with Crippen molar-refractivity contribution in [3.05, 3.63) is 24.3 Å². The highest BCUT2D eigenvalue weighted by molar-refractivity contribution is 5.42. The number of piperidine rings is 1. The maximum atomic E-state index is 6.01. The number of likely N-dealkylation sites (tertiary alicyclic amines) is 1. The predicted molar refractivity (Wildman–Crippen MR) is 66.4 cm³/mol. The SMILES string of the molecule is CC(C)N1CCC2(CC1)Oc1ccccc1O2. The molecule has 2 aliphatic heterocycles. The first-order valence-electron chi connectivity index (χ1n) is 6.40. The molecule has 3 nitrogen and oxygen atoms in total. The van der Waals surface area contributed by atoms with Gasteiger partial charge in [0.25, 0.3) is 5.79 Å². The average Bonchev–Trinajstić information content (AvgIpc) is 2.67. The summed E-state index contributed by atoms with van der Waals surface area (Å²) in [6.45, 7) is 6.57. The summed E-state index contributed by atoms with van der Waals surface area (Å²) in [5, 5.41) is 0. The van der Waals surface area contributed by atoms with Crippen LogP contribution in [0.2, 0.25) is 0 Å². The summed E-state index contributed by atoms with van der Waals surface area (Å²) in [6.07, 6.45) is 1.89. The number of fused-ring (bicyclic) bond motifs is 1. The molecule has 0 atom stereocenters. The molecule has 3 rings (SSSR count). The van der Waals surface area contributed by atoms with Crippen LogP contribution in [0.4, 0.5) is 0 Å². The number of hydrogen-bond donors (Lipinski definition) is 0. The third kappa shape index (κ3) is 1.89. The van der Waals surface area contributed by atoms with Crippen LogP contribution in [-0.2, 0) is 0 Å². The molecule has 1 saturated heterocycles. The first-order valence-corrected chi connectivity index (χ1v) is 6.40. The van der Waals surface area contributed by atoms with Gasteiger partial charge in [0.1, 0.15) is 0 Å². The molecule has 0 N–H and O–H groups in total. The molecule has 0 amide bonds. The Morgan fingerprint density at radius 3 is 2.06 bits per heavy atom. The number of nitrogens with zero attached hydrogens (tertiary/aromatic N) is 1. The van der Waals surface area contributed by atoms with Crippen LogP contribution in [-0.4, -0.2) is 29.8 Å². The van der Waals surface area contributed by atoms with E-state index in [0.717, 1.165) is 37.4 Å². The lowest BCUT2D eigenvalue weighted by atomic mass is 10.0. The van der Waals surface area contributed by atoms with Gasteiger partial charge in [0, 0.05) is 32.0 Å². The van der Waals surface area contributed by atoms with E-state index in [2.05, 4.69) is 18.7 Å². The van der Waals surface area contributed by atoms with E-state index >= 15 is 0 Å². The van der Waals surface area contributed by atoms with Gasteiger partial charge < -0.3 is 14.4 Å². The Hall–Kier alpha value is -1.22. The molecule has 2 heterocycles. The van der Waals surface area contributed by atoms with Crippen LogP contribution in [0.3, 0.4) is 0 Å². The first-order chi connectivity index (χ1) is 8.19. The van der Waals surface area contributed by atoms with E-state index in [1.165, 1.54) is 0 Å². The molecule has 0 unspecified atom stereocenters. The fourth-order valence-corrected chi connectivity index (χ4v) is 2.63. The second-order valence-corrected chi connectivity index (χ2v) is 5.19. The average molecular weight is 233 g/mol. The lowest BCUT2D eigenvalue weighted by Gasteiger charge is -2.39. The molecule has 17 heavy (non-hydrogen) atoms. The third-order valence-corrected chi connectivity index (χ3v) is 3.73. The molecule has 3 heteroatoms. The Labute approximate surface area is 102 Å². The maximum absolute atomic E-state index is 6.01. The van der Waals surface area contributed by atoms with E-state index in [0.29, 0.717) is 6.04 Å². The van der Waals surface area contributed by atoms with E-state index in [-0.39, 0.29) is 0 Å². The molecule has 1 aromatic rings. The van der Waals surface area contributed by atoms with Gasteiger partial charge in [-0.3, -0.25) is 0 Å². The van der Waals surface area contributed by atoms with Crippen molar-refractivity contribution in [3.8, 4) is 11.5 Å². The van der Waals surface area contributed by atoms with Gasteiger partial charge in [0.05, 0.1) is 0 Å². The van der Waals surface area contributed by atoms with Gasteiger partial charge in [0.2, 0.25) is 0 Å². The van der Waals surface area contributed by atoms with E-state index < -0.39 is 5.79 Å². The smallest absolute Gasteiger partial charge is 0.254 e. The summed E-state index contributed by atoms with van der Waals surface area (Å²) in [6, 6.07) is 8.56. The quantitative estimate of drug-likeness (QED) is 0.744. The summed E-state index contributed by atoms with van der Waals surface area (Å²) < 4.78 is 12.0. The number of hydrogen-bond acceptors (Lipinski definition) is 3. The van der Waals surface area contributed by atoms with Gasteiger partial charge in [0.15, 0.2) is 11.5 Å². The molecule has 0 radical (unpaired) electrons. The third-order valence-electron chi connectivity index (χ3n) is 3.73. The van der Waals surface area contributed by atoms with Gasteiger partial charge in [-0.1, -0.05) is 12.1 Å². The zero-order valence-corrected chi connectivity index (χ0v) is 10.5. The minimum Gasteiger partial charge on any atom is -0.448 e. The Balaban J connectivity index is 1.72. The van der Waals surface area contributed by atoms with Gasteiger partial charge in [-0.15, -0.1) is 0 Å². The topological polar surface area (TPSA) is 21.7 Å². The van der Waals surface area contributed by atoms with Crippen molar-refractivity contribution in [2.24, 2.45) is 0 Å². The van der Waals surface area contributed by atoms with Crippen LogP contribution < -0.4 is 9.47 Å². The number of rotatable bonds is 1. The van der Waals surface area contributed by atoms with Crippen LogP contribution >= 0.6 is 0 Å². The highest BCUT2D eigenvalue weighted by Gasteiger charge is 2.44. The maximum Gasteiger partial charge on any atom is 0.254 e. The van der Waals surface area contributed by atoms with E-state index in [9.17, 15) is 0 Å². The Kier molecular flexibility index (Phi) is 2.51. The zero-order chi connectivity index (χ0) is 11.9. The minimum atomic E-state index is -0.394. The van der Waals surface area contributed by atoms with Crippen LogP contribution in [0.15, 0.2) is 24.3 Å². The second kappa shape index (κ2) is 3.91. The normalized spacial score (nSPS) is 22.3. The number of para-hydroxylation sites is 2. The van der Waals surface area contributed by atoms with Crippen molar-refractivity contribution in [2.45, 2.75) is 38.5 Å². The van der Waals surface area contributed by atoms with Gasteiger partial charge in [-0.2, -0.15) is 0 Å². The Bertz CT molecular complexity index is 381. The van der Waals surface area contributed by atoms with Crippen LogP contribution in [0.25, 0.3) is 0 Å². The van der Waals surface area contributed by atoms with Gasteiger partial charge in [-0.25, -0.2) is 0 Å². The summed E-state index contributed by atoms with van der Waals surface area (Å²) in [5.41, 5.74) is 0. The molecule has 0 aromatic heterocycles. The summed E-state index contributed by atoms with van der Waals surface area (Å²) in [7, 11) is 0. The second-order valence-electron chi connectivity index (χ2n) is 5.19. The van der Waals surface area contributed by atoms with Crippen molar-refractivity contribution in [1.29, 1.82) is 0 Å². The fourth-order valence-electron chi connectivity index (χ4n) is 2.63. The standard InChI is InChI=1S/C14H19NO2/c1-11(2)15-9-7-14(8-10-15)16-12-5-3-4-6-13(12)17-14/h3-6,11H,7-10H2,1-2H3. The highest BCUT2D eigenvalue weighted by atomic mass is 16.7. The van der Waals surface area contributed by atoms with Crippen LogP contribution in [0.5, 0.6) is 11.5 Å². The molecule has 0 bridgehead atoms. The molecule has 92 valence electrons. The van der Waals surface area contributed by atoms with Crippen molar-refractivity contribution in [3.63, 3.8) is 0 Å². The van der Waals surface area contributed by atoms with E-state index in [1.54, 1.807) is 0 Å². The van der Waals surface area contributed by atoms with E-state index in [1.807, 2.05) is 24.3 Å². The molecule has 2 aliphatic rings. The Morgan fingerprint density at radius 2 is 1.59 bits per heavy atom. The van der Waals surface area contributed by atoms with Crippen molar-refractivity contribution >= 4 is 0 Å². The van der Waals surface area contributed by atoms with Gasteiger partial charge in [-0.05, 0) is 26.0 Å². The number of benzene rings is 1. The number of ether oxygens (including phenoxy) is 2. The molecular formula is C14H19NO2. The summed E-state index contributed by atoms with van der Waals surface area (Å²) in [5.74, 6) is 1.39. The largest absolute Gasteiger partial charge is 0.448 e. The lowest BCUT2D eigenvalue weighted by Crippen LogP contribution is -2.51. The predicted octanol–water partition coefficient (Wildman–Crippen LogP) is 2.66. The van der Waals surface area contributed by atoms with Gasteiger partial charge >= 0.3 is 0 Å².